The second-order valence-corrected chi connectivity index (χ2v) is 9.20. The fourth-order valence-corrected chi connectivity index (χ4v) is 3.68. The van der Waals surface area contributed by atoms with Gasteiger partial charge in [0.25, 0.3) is 0 Å². The van der Waals surface area contributed by atoms with Gasteiger partial charge in [-0.15, -0.1) is 0 Å². The third kappa shape index (κ3) is 5.15. The minimum atomic E-state index is -0.805. The molecular weight excluding hydrogens is 403 g/mol. The van der Waals surface area contributed by atoms with Crippen molar-refractivity contribution in [3.63, 3.8) is 0 Å². The van der Waals surface area contributed by atoms with Crippen molar-refractivity contribution in [3.05, 3.63) is 30.3 Å². The Kier molecular flexibility index (Phi) is 6.54. The van der Waals surface area contributed by atoms with Crippen LogP contribution in [0.15, 0.2) is 28.9 Å². The highest BCUT2D eigenvalue weighted by Crippen LogP contribution is 2.34. The minimum Gasteiger partial charge on any atom is -0.459 e. The molecule has 0 radical (unpaired) electrons. The summed E-state index contributed by atoms with van der Waals surface area (Å²) in [5, 5.41) is 3.46. The van der Waals surface area contributed by atoms with Crippen LogP contribution < -0.4 is 5.32 Å². The Hall–Kier alpha value is -2.68. The molecule has 2 aromatic rings. The molecule has 3 rings (SSSR count). The predicted molar refractivity (Wildman–Crippen MR) is 114 cm³/mol. The van der Waals surface area contributed by atoms with E-state index >= 15 is 0 Å². The minimum absolute atomic E-state index is 0.0997. The van der Waals surface area contributed by atoms with Crippen LogP contribution in [0.1, 0.15) is 40.4 Å². The van der Waals surface area contributed by atoms with Gasteiger partial charge in [0.15, 0.2) is 0 Å². The Morgan fingerprint density at radius 3 is 2.68 bits per heavy atom. The highest BCUT2D eigenvalue weighted by atomic mass is 19.1. The van der Waals surface area contributed by atoms with Gasteiger partial charge < -0.3 is 14.5 Å². The third-order valence-electron chi connectivity index (χ3n) is 5.41. The molecule has 9 heteroatoms. The van der Waals surface area contributed by atoms with Crippen molar-refractivity contribution in [1.29, 1.82) is 0 Å². The summed E-state index contributed by atoms with van der Waals surface area (Å²) in [5.41, 5.74) is -0.490. The smallest absolute Gasteiger partial charge is 0.411 e. The van der Waals surface area contributed by atoms with E-state index in [1.54, 1.807) is 33.2 Å². The fourth-order valence-electron chi connectivity index (χ4n) is 3.68. The number of amides is 2. The van der Waals surface area contributed by atoms with Crippen molar-refractivity contribution in [2.75, 3.05) is 32.9 Å². The lowest BCUT2D eigenvalue weighted by molar-refractivity contribution is -0.130. The van der Waals surface area contributed by atoms with Crippen LogP contribution in [0.5, 0.6) is 0 Å². The van der Waals surface area contributed by atoms with Gasteiger partial charge in [0.05, 0.1) is 5.54 Å². The zero-order valence-electron chi connectivity index (χ0n) is 18.8. The monoisotopic (exact) mass is 434 g/mol. The summed E-state index contributed by atoms with van der Waals surface area (Å²) in [6.07, 6.45) is 2.86. The number of halogens is 1. The standard InChI is InChI=1S/C22H31FN4O4/c1-21(2,3)31-20(29)27-11-10-26(14-16(27)19(28)25-9-7-23)22(4,5)18-12-15-13-24-8-6-17(15)30-18/h6,8,12-13,16H,7,9-11,14H2,1-5H3,(H,25,28)/t16-/m0/s1. The molecule has 170 valence electrons. The van der Waals surface area contributed by atoms with Crippen molar-refractivity contribution in [3.8, 4) is 0 Å². The second kappa shape index (κ2) is 8.82. The van der Waals surface area contributed by atoms with E-state index in [-0.39, 0.29) is 13.1 Å². The van der Waals surface area contributed by atoms with Gasteiger partial charge in [-0.2, -0.15) is 0 Å². The number of hydrogen-bond acceptors (Lipinski definition) is 6. The predicted octanol–water partition coefficient (Wildman–Crippen LogP) is 3.07. The number of alkyl halides is 1. The molecule has 2 amide bonds. The molecule has 1 atom stereocenters. The SMILES string of the molecule is CC(C)(C)OC(=O)N1CCN(C(C)(C)c2cc3cnccc3o2)C[C@H]1C(=O)NCCF. The van der Waals surface area contributed by atoms with E-state index in [1.165, 1.54) is 4.90 Å². The van der Waals surface area contributed by atoms with E-state index in [4.69, 9.17) is 9.15 Å². The van der Waals surface area contributed by atoms with Crippen LogP contribution in [-0.2, 0) is 15.1 Å². The Morgan fingerprint density at radius 2 is 2.03 bits per heavy atom. The van der Waals surface area contributed by atoms with Crippen LogP contribution in [0.4, 0.5) is 9.18 Å². The molecule has 0 aliphatic carbocycles. The summed E-state index contributed by atoms with van der Waals surface area (Å²) in [6.45, 7) is 9.67. The first-order valence-corrected chi connectivity index (χ1v) is 10.5. The molecule has 1 aliphatic heterocycles. The molecule has 1 fully saturated rings. The Labute approximate surface area is 181 Å². The first-order valence-electron chi connectivity index (χ1n) is 10.5. The largest absolute Gasteiger partial charge is 0.459 e. The molecule has 31 heavy (non-hydrogen) atoms. The average Bonchev–Trinajstić information content (AvgIpc) is 3.15. The summed E-state index contributed by atoms with van der Waals surface area (Å²) in [5.74, 6) is 0.335. The van der Waals surface area contributed by atoms with Crippen LogP contribution in [0.3, 0.4) is 0 Å². The van der Waals surface area contributed by atoms with Crippen LogP contribution in [0.25, 0.3) is 11.0 Å². The number of pyridine rings is 1. The number of aromatic nitrogens is 1. The summed E-state index contributed by atoms with van der Waals surface area (Å²) in [7, 11) is 0. The highest BCUT2D eigenvalue weighted by molar-refractivity contribution is 5.86. The van der Waals surface area contributed by atoms with Crippen LogP contribution in [-0.4, -0.2) is 71.3 Å². The van der Waals surface area contributed by atoms with Crippen molar-refractivity contribution in [2.24, 2.45) is 0 Å². The van der Waals surface area contributed by atoms with Crippen LogP contribution >= 0.6 is 0 Å². The molecule has 0 spiro atoms. The van der Waals surface area contributed by atoms with Gasteiger partial charge in [0, 0.05) is 44.0 Å². The molecule has 0 unspecified atom stereocenters. The summed E-state index contributed by atoms with van der Waals surface area (Å²) in [6, 6.07) is 2.95. The fraction of sp³-hybridized carbons (Fsp3) is 0.591. The maximum absolute atomic E-state index is 12.8. The molecule has 0 aromatic carbocycles. The Bertz CT molecular complexity index is 904. The normalized spacial score (nSPS) is 18.3. The summed E-state index contributed by atoms with van der Waals surface area (Å²) in [4.78, 5) is 33.2. The van der Waals surface area contributed by atoms with E-state index in [0.717, 1.165) is 16.7 Å². The number of fused-ring (bicyclic) bond motifs is 1. The molecule has 1 N–H and O–H groups in total. The first-order chi connectivity index (χ1) is 14.5. The number of carbonyl (C=O) groups excluding carboxylic acids is 2. The van der Waals surface area contributed by atoms with Crippen LogP contribution in [0.2, 0.25) is 0 Å². The van der Waals surface area contributed by atoms with Crippen molar-refractivity contribution in [2.45, 2.75) is 51.8 Å². The number of nitrogens with zero attached hydrogens (tertiary/aromatic N) is 3. The van der Waals surface area contributed by atoms with Gasteiger partial charge >= 0.3 is 6.09 Å². The lowest BCUT2D eigenvalue weighted by Gasteiger charge is -2.46. The molecule has 0 bridgehead atoms. The van der Waals surface area contributed by atoms with E-state index in [9.17, 15) is 14.0 Å². The van der Waals surface area contributed by atoms with E-state index in [2.05, 4.69) is 15.2 Å². The Morgan fingerprint density at radius 1 is 1.29 bits per heavy atom. The van der Waals surface area contributed by atoms with Gasteiger partial charge in [-0.1, -0.05) is 0 Å². The zero-order chi connectivity index (χ0) is 22.8. The summed E-state index contributed by atoms with van der Waals surface area (Å²) < 4.78 is 24.2. The highest BCUT2D eigenvalue weighted by Gasteiger charge is 2.43. The lowest BCUT2D eigenvalue weighted by atomic mass is 9.96. The lowest BCUT2D eigenvalue weighted by Crippen LogP contribution is -2.64. The van der Waals surface area contributed by atoms with Crippen molar-refractivity contribution in [1.82, 2.24) is 20.1 Å². The van der Waals surface area contributed by atoms with Crippen molar-refractivity contribution < 1.29 is 23.1 Å². The number of carbonyl (C=O) groups is 2. The van der Waals surface area contributed by atoms with Crippen molar-refractivity contribution >= 4 is 23.0 Å². The van der Waals surface area contributed by atoms with Gasteiger partial charge in [-0.3, -0.25) is 19.6 Å². The average molecular weight is 435 g/mol. The quantitative estimate of drug-likeness (QED) is 0.778. The van der Waals surface area contributed by atoms with Crippen LogP contribution in [0, 0.1) is 0 Å². The number of nitrogens with one attached hydrogen (secondary N) is 1. The molecular formula is C22H31FN4O4. The van der Waals surface area contributed by atoms with Gasteiger partial charge in [-0.05, 0) is 46.8 Å². The molecule has 1 aliphatic rings. The molecule has 3 heterocycles. The number of hydrogen-bond donors (Lipinski definition) is 1. The van der Waals surface area contributed by atoms with Gasteiger partial charge in [-0.25, -0.2) is 9.18 Å². The number of furan rings is 1. The number of rotatable bonds is 5. The molecule has 0 saturated carbocycles. The number of ether oxygens (including phenoxy) is 1. The maximum atomic E-state index is 12.8. The van der Waals surface area contributed by atoms with E-state index < -0.39 is 35.9 Å². The number of piperazine rings is 1. The van der Waals surface area contributed by atoms with E-state index in [1.807, 2.05) is 26.0 Å². The van der Waals surface area contributed by atoms with E-state index in [0.29, 0.717) is 13.1 Å². The summed E-state index contributed by atoms with van der Waals surface area (Å²) >= 11 is 0. The molecule has 1 saturated heterocycles. The topological polar surface area (TPSA) is 87.9 Å². The molecule has 2 aromatic heterocycles. The first kappa shape index (κ1) is 23.0. The van der Waals surface area contributed by atoms with Gasteiger partial charge in [0.1, 0.15) is 29.7 Å². The molecule has 8 nitrogen and oxygen atoms in total. The maximum Gasteiger partial charge on any atom is 0.411 e. The third-order valence-corrected chi connectivity index (χ3v) is 5.41. The Balaban J connectivity index is 1.84. The van der Waals surface area contributed by atoms with Gasteiger partial charge in [0.2, 0.25) is 5.91 Å². The second-order valence-electron chi connectivity index (χ2n) is 9.20. The zero-order valence-corrected chi connectivity index (χ0v) is 18.8.